The van der Waals surface area contributed by atoms with Gasteiger partial charge in [0.05, 0.1) is 30.3 Å². The van der Waals surface area contributed by atoms with Crippen molar-refractivity contribution in [3.8, 4) is 11.5 Å². The summed E-state index contributed by atoms with van der Waals surface area (Å²) in [5.74, 6) is 0.979. The van der Waals surface area contributed by atoms with Gasteiger partial charge >= 0.3 is 6.09 Å². The standard InChI is InChI=1S/C23H24N4O4/c1-23(2,3)31-22(29)27-17-10-12-20(25-14-17)21(28)26-13-16-9-11-19(15-24-16)30-18-7-5-4-6-8-18/h4-12,14-15H,13H2,1-3H3,(H,26,28)(H,27,29). The van der Waals surface area contributed by atoms with E-state index in [-0.39, 0.29) is 18.1 Å². The quantitative estimate of drug-likeness (QED) is 0.607. The molecule has 0 fully saturated rings. The van der Waals surface area contributed by atoms with Crippen LogP contribution in [0.2, 0.25) is 0 Å². The number of hydrogen-bond donors (Lipinski definition) is 2. The highest BCUT2D eigenvalue weighted by Gasteiger charge is 2.16. The molecular formula is C23H24N4O4. The number of para-hydroxylation sites is 1. The van der Waals surface area contributed by atoms with Gasteiger partial charge in [-0.1, -0.05) is 18.2 Å². The fourth-order valence-electron chi connectivity index (χ4n) is 2.49. The summed E-state index contributed by atoms with van der Waals surface area (Å²) in [5.41, 5.74) is 0.731. The summed E-state index contributed by atoms with van der Waals surface area (Å²) in [7, 11) is 0. The van der Waals surface area contributed by atoms with Crippen LogP contribution in [0.1, 0.15) is 37.0 Å². The number of amides is 2. The minimum Gasteiger partial charge on any atom is -0.456 e. The van der Waals surface area contributed by atoms with E-state index in [0.29, 0.717) is 17.1 Å². The number of carbonyl (C=O) groups excluding carboxylic acids is 2. The third-order valence-corrected chi connectivity index (χ3v) is 3.85. The second-order valence-corrected chi connectivity index (χ2v) is 7.64. The van der Waals surface area contributed by atoms with E-state index < -0.39 is 11.7 Å². The summed E-state index contributed by atoms with van der Waals surface area (Å²) in [5, 5.41) is 5.33. The van der Waals surface area contributed by atoms with Crippen LogP contribution in [0.4, 0.5) is 10.5 Å². The molecule has 0 aliphatic heterocycles. The van der Waals surface area contributed by atoms with Crippen LogP contribution in [0.3, 0.4) is 0 Å². The van der Waals surface area contributed by atoms with Crippen molar-refractivity contribution in [1.29, 1.82) is 0 Å². The molecule has 0 aliphatic rings. The highest BCUT2D eigenvalue weighted by Crippen LogP contribution is 2.19. The van der Waals surface area contributed by atoms with Crippen LogP contribution < -0.4 is 15.4 Å². The average Bonchev–Trinajstić information content (AvgIpc) is 2.73. The third-order valence-electron chi connectivity index (χ3n) is 3.85. The summed E-state index contributed by atoms with van der Waals surface area (Å²) in [6.45, 7) is 5.56. The summed E-state index contributed by atoms with van der Waals surface area (Å²) in [4.78, 5) is 32.5. The monoisotopic (exact) mass is 420 g/mol. The van der Waals surface area contributed by atoms with Crippen LogP contribution in [0, 0.1) is 0 Å². The van der Waals surface area contributed by atoms with E-state index in [1.165, 1.54) is 12.3 Å². The normalized spacial score (nSPS) is 10.8. The molecule has 0 atom stereocenters. The largest absolute Gasteiger partial charge is 0.456 e. The molecule has 0 spiro atoms. The summed E-state index contributed by atoms with van der Waals surface area (Å²) in [6.07, 6.45) is 2.41. The van der Waals surface area contributed by atoms with Crippen molar-refractivity contribution in [2.75, 3.05) is 5.32 Å². The number of aromatic nitrogens is 2. The molecule has 0 bridgehead atoms. The molecule has 0 aliphatic carbocycles. The molecule has 8 nitrogen and oxygen atoms in total. The zero-order valence-corrected chi connectivity index (χ0v) is 17.6. The third kappa shape index (κ3) is 7.11. The van der Waals surface area contributed by atoms with E-state index >= 15 is 0 Å². The van der Waals surface area contributed by atoms with Crippen LogP contribution in [-0.4, -0.2) is 27.6 Å². The SMILES string of the molecule is CC(C)(C)OC(=O)Nc1ccc(C(=O)NCc2ccc(Oc3ccccc3)cn2)nc1. The molecule has 2 N–H and O–H groups in total. The summed E-state index contributed by atoms with van der Waals surface area (Å²) < 4.78 is 10.9. The van der Waals surface area contributed by atoms with E-state index in [1.54, 1.807) is 45.2 Å². The second-order valence-electron chi connectivity index (χ2n) is 7.64. The number of rotatable bonds is 6. The molecule has 0 saturated carbocycles. The summed E-state index contributed by atoms with van der Waals surface area (Å²) in [6, 6.07) is 16.1. The summed E-state index contributed by atoms with van der Waals surface area (Å²) >= 11 is 0. The first-order valence-corrected chi connectivity index (χ1v) is 9.70. The molecule has 0 unspecified atom stereocenters. The smallest absolute Gasteiger partial charge is 0.412 e. The molecule has 0 radical (unpaired) electrons. The topological polar surface area (TPSA) is 102 Å². The van der Waals surface area contributed by atoms with E-state index in [0.717, 1.165) is 5.75 Å². The fraction of sp³-hybridized carbons (Fsp3) is 0.217. The van der Waals surface area contributed by atoms with Crippen molar-refractivity contribution in [3.05, 3.63) is 78.4 Å². The molecule has 3 aromatic rings. The molecule has 8 heteroatoms. The van der Waals surface area contributed by atoms with Crippen molar-refractivity contribution < 1.29 is 19.1 Å². The zero-order chi connectivity index (χ0) is 22.3. The first kappa shape index (κ1) is 21.8. The highest BCUT2D eigenvalue weighted by molar-refractivity contribution is 5.93. The molecule has 1 aromatic carbocycles. The Hall–Kier alpha value is -3.94. The first-order valence-electron chi connectivity index (χ1n) is 9.70. The Labute approximate surface area is 180 Å². The van der Waals surface area contributed by atoms with Gasteiger partial charge in [0, 0.05) is 0 Å². The maximum Gasteiger partial charge on any atom is 0.412 e. The van der Waals surface area contributed by atoms with E-state index in [1.807, 2.05) is 30.3 Å². The Kier molecular flexibility index (Phi) is 6.81. The lowest BCUT2D eigenvalue weighted by Gasteiger charge is -2.19. The van der Waals surface area contributed by atoms with Gasteiger partial charge in [0.15, 0.2) is 0 Å². The Morgan fingerprint density at radius 2 is 1.68 bits per heavy atom. The molecular weight excluding hydrogens is 396 g/mol. The van der Waals surface area contributed by atoms with Crippen LogP contribution in [-0.2, 0) is 11.3 Å². The van der Waals surface area contributed by atoms with Crippen LogP contribution >= 0.6 is 0 Å². The molecule has 2 aromatic heterocycles. The lowest BCUT2D eigenvalue weighted by atomic mass is 10.2. The molecule has 3 rings (SSSR count). The van der Waals surface area contributed by atoms with E-state index in [9.17, 15) is 9.59 Å². The van der Waals surface area contributed by atoms with Crippen LogP contribution in [0.25, 0.3) is 0 Å². The molecule has 160 valence electrons. The van der Waals surface area contributed by atoms with Gasteiger partial charge in [0.1, 0.15) is 22.8 Å². The first-order chi connectivity index (χ1) is 14.8. The number of anilines is 1. The minimum atomic E-state index is -0.600. The Balaban J connectivity index is 1.49. The van der Waals surface area contributed by atoms with Gasteiger partial charge in [-0.3, -0.25) is 15.1 Å². The Bertz CT molecular complexity index is 1010. The lowest BCUT2D eigenvalue weighted by Crippen LogP contribution is -2.27. The molecule has 0 saturated heterocycles. The van der Waals surface area contributed by atoms with Gasteiger partial charge in [0.2, 0.25) is 0 Å². The Morgan fingerprint density at radius 3 is 2.29 bits per heavy atom. The van der Waals surface area contributed by atoms with Gasteiger partial charge in [0.25, 0.3) is 5.91 Å². The maximum absolute atomic E-state index is 12.3. The van der Waals surface area contributed by atoms with Gasteiger partial charge < -0.3 is 14.8 Å². The van der Waals surface area contributed by atoms with Gasteiger partial charge in [-0.25, -0.2) is 9.78 Å². The van der Waals surface area contributed by atoms with Crippen LogP contribution in [0.5, 0.6) is 11.5 Å². The van der Waals surface area contributed by atoms with Crippen molar-refractivity contribution >= 4 is 17.7 Å². The van der Waals surface area contributed by atoms with E-state index in [4.69, 9.17) is 9.47 Å². The number of hydrogen-bond acceptors (Lipinski definition) is 6. The number of nitrogens with zero attached hydrogens (tertiary/aromatic N) is 2. The van der Waals surface area contributed by atoms with Gasteiger partial charge in [-0.05, 0) is 57.2 Å². The van der Waals surface area contributed by atoms with Gasteiger partial charge in [-0.15, -0.1) is 0 Å². The van der Waals surface area contributed by atoms with Crippen LogP contribution in [0.15, 0.2) is 67.0 Å². The predicted molar refractivity (Wildman–Crippen MR) is 116 cm³/mol. The van der Waals surface area contributed by atoms with E-state index in [2.05, 4.69) is 20.6 Å². The van der Waals surface area contributed by atoms with Crippen molar-refractivity contribution in [3.63, 3.8) is 0 Å². The Morgan fingerprint density at radius 1 is 0.903 bits per heavy atom. The predicted octanol–water partition coefficient (Wildman–Crippen LogP) is 4.55. The number of carbonyl (C=O) groups is 2. The highest BCUT2D eigenvalue weighted by atomic mass is 16.6. The minimum absolute atomic E-state index is 0.221. The van der Waals surface area contributed by atoms with Crippen molar-refractivity contribution in [2.24, 2.45) is 0 Å². The molecule has 2 heterocycles. The lowest BCUT2D eigenvalue weighted by molar-refractivity contribution is 0.0635. The second kappa shape index (κ2) is 9.71. The maximum atomic E-state index is 12.3. The number of pyridine rings is 2. The van der Waals surface area contributed by atoms with Gasteiger partial charge in [-0.2, -0.15) is 0 Å². The molecule has 2 amide bonds. The number of benzene rings is 1. The fourth-order valence-corrected chi connectivity index (χ4v) is 2.49. The van der Waals surface area contributed by atoms with Crippen molar-refractivity contribution in [1.82, 2.24) is 15.3 Å². The number of ether oxygens (including phenoxy) is 2. The van der Waals surface area contributed by atoms with Crippen molar-refractivity contribution in [2.45, 2.75) is 32.9 Å². The average molecular weight is 420 g/mol. The number of nitrogens with one attached hydrogen (secondary N) is 2. The molecule has 31 heavy (non-hydrogen) atoms. The zero-order valence-electron chi connectivity index (χ0n) is 17.6.